The SMILES string of the molecule is CC(NC(=O)c1cccc(NC(=S)NC(=O)c2cccc(I)c2)c1)c1ccccc1. The van der Waals surface area contributed by atoms with Crippen molar-refractivity contribution in [2.75, 3.05) is 5.32 Å². The summed E-state index contributed by atoms with van der Waals surface area (Å²) in [6.07, 6.45) is 0. The maximum atomic E-state index is 12.6. The third-order valence-electron chi connectivity index (χ3n) is 4.34. The molecule has 0 fully saturated rings. The van der Waals surface area contributed by atoms with E-state index in [9.17, 15) is 9.59 Å². The Kier molecular flexibility index (Phi) is 7.53. The van der Waals surface area contributed by atoms with Crippen LogP contribution in [0.1, 0.15) is 39.2 Å². The Hall–Kier alpha value is -2.78. The van der Waals surface area contributed by atoms with Gasteiger partial charge in [-0.15, -0.1) is 0 Å². The maximum absolute atomic E-state index is 12.6. The molecule has 5 nitrogen and oxygen atoms in total. The maximum Gasteiger partial charge on any atom is 0.257 e. The van der Waals surface area contributed by atoms with Gasteiger partial charge in [-0.25, -0.2) is 0 Å². The summed E-state index contributed by atoms with van der Waals surface area (Å²) in [5.41, 5.74) is 2.66. The van der Waals surface area contributed by atoms with Crippen LogP contribution in [-0.2, 0) is 0 Å². The third-order valence-corrected chi connectivity index (χ3v) is 5.22. The molecule has 3 aromatic rings. The molecule has 0 heterocycles. The van der Waals surface area contributed by atoms with E-state index in [0.717, 1.165) is 9.13 Å². The lowest BCUT2D eigenvalue weighted by atomic mass is 10.1. The fraction of sp³-hybridized carbons (Fsp3) is 0.0870. The molecule has 0 aliphatic heterocycles. The van der Waals surface area contributed by atoms with Crippen molar-refractivity contribution in [3.05, 3.63) is 99.1 Å². The van der Waals surface area contributed by atoms with E-state index in [0.29, 0.717) is 16.8 Å². The van der Waals surface area contributed by atoms with Gasteiger partial charge in [0.2, 0.25) is 0 Å². The average Bonchev–Trinajstić information content (AvgIpc) is 2.74. The van der Waals surface area contributed by atoms with E-state index in [1.54, 1.807) is 36.4 Å². The van der Waals surface area contributed by atoms with Crippen molar-refractivity contribution in [2.45, 2.75) is 13.0 Å². The minimum Gasteiger partial charge on any atom is -0.346 e. The van der Waals surface area contributed by atoms with Gasteiger partial charge >= 0.3 is 0 Å². The molecule has 0 spiro atoms. The third kappa shape index (κ3) is 6.11. The van der Waals surface area contributed by atoms with Crippen LogP contribution in [0.4, 0.5) is 5.69 Å². The number of halogens is 1. The summed E-state index contributed by atoms with van der Waals surface area (Å²) >= 11 is 7.39. The van der Waals surface area contributed by atoms with Gasteiger partial charge in [0.05, 0.1) is 6.04 Å². The van der Waals surface area contributed by atoms with Crippen LogP contribution < -0.4 is 16.0 Å². The largest absolute Gasteiger partial charge is 0.346 e. The Morgan fingerprint density at radius 1 is 0.867 bits per heavy atom. The predicted octanol–water partition coefficient (Wildman–Crippen LogP) is 4.91. The molecule has 0 bridgehead atoms. The summed E-state index contributed by atoms with van der Waals surface area (Å²) in [6, 6.07) is 23.8. The van der Waals surface area contributed by atoms with Gasteiger partial charge in [-0.05, 0) is 83.7 Å². The minimum absolute atomic E-state index is 0.121. The summed E-state index contributed by atoms with van der Waals surface area (Å²) in [5.74, 6) is -0.486. The van der Waals surface area contributed by atoms with Gasteiger partial charge in [-0.3, -0.25) is 14.9 Å². The topological polar surface area (TPSA) is 70.2 Å². The van der Waals surface area contributed by atoms with Crippen molar-refractivity contribution < 1.29 is 9.59 Å². The molecule has 3 rings (SSSR count). The van der Waals surface area contributed by atoms with E-state index in [1.165, 1.54) is 0 Å². The van der Waals surface area contributed by atoms with Crippen LogP contribution in [0.3, 0.4) is 0 Å². The smallest absolute Gasteiger partial charge is 0.257 e. The zero-order valence-electron chi connectivity index (χ0n) is 16.2. The quantitative estimate of drug-likeness (QED) is 0.325. The first-order valence-electron chi connectivity index (χ1n) is 9.26. The van der Waals surface area contributed by atoms with Crippen molar-refractivity contribution in [2.24, 2.45) is 0 Å². The molecule has 3 aromatic carbocycles. The summed E-state index contributed by atoms with van der Waals surface area (Å²) in [5, 5.41) is 8.75. The molecular formula is C23H20IN3O2S. The fourth-order valence-electron chi connectivity index (χ4n) is 2.81. The van der Waals surface area contributed by atoms with Crippen LogP contribution in [0.2, 0.25) is 0 Å². The molecule has 3 N–H and O–H groups in total. The van der Waals surface area contributed by atoms with Crippen molar-refractivity contribution in [3.63, 3.8) is 0 Å². The number of hydrogen-bond donors (Lipinski definition) is 3. The summed E-state index contributed by atoms with van der Waals surface area (Å²) < 4.78 is 0.961. The number of carbonyl (C=O) groups excluding carboxylic acids is 2. The van der Waals surface area contributed by atoms with Crippen molar-refractivity contribution in [1.29, 1.82) is 0 Å². The molecule has 1 unspecified atom stereocenters. The summed E-state index contributed by atoms with van der Waals surface area (Å²) in [6.45, 7) is 1.94. The standard InChI is InChI=1S/C23H20IN3O2S/c1-15(16-7-3-2-4-8-16)25-21(28)18-10-6-12-20(14-18)26-23(30)27-22(29)17-9-5-11-19(24)13-17/h2-15H,1H3,(H,25,28)(H2,26,27,29,30). The van der Waals surface area contributed by atoms with Gasteiger partial charge in [-0.2, -0.15) is 0 Å². The highest BCUT2D eigenvalue weighted by molar-refractivity contribution is 14.1. The van der Waals surface area contributed by atoms with E-state index < -0.39 is 0 Å². The van der Waals surface area contributed by atoms with Gasteiger partial charge in [0, 0.05) is 20.4 Å². The average molecular weight is 529 g/mol. The number of anilines is 1. The van der Waals surface area contributed by atoms with E-state index in [1.807, 2.05) is 49.4 Å². The van der Waals surface area contributed by atoms with Crippen LogP contribution >= 0.6 is 34.8 Å². The van der Waals surface area contributed by atoms with Crippen LogP contribution in [0.25, 0.3) is 0 Å². The molecule has 0 aromatic heterocycles. The van der Waals surface area contributed by atoms with Crippen LogP contribution in [-0.4, -0.2) is 16.9 Å². The highest BCUT2D eigenvalue weighted by Gasteiger charge is 2.13. The number of rotatable bonds is 5. The Bertz CT molecular complexity index is 1070. The number of benzene rings is 3. The molecule has 30 heavy (non-hydrogen) atoms. The van der Waals surface area contributed by atoms with E-state index in [-0.39, 0.29) is 23.0 Å². The second-order valence-electron chi connectivity index (χ2n) is 6.61. The highest BCUT2D eigenvalue weighted by atomic mass is 127. The monoisotopic (exact) mass is 529 g/mol. The van der Waals surface area contributed by atoms with E-state index in [4.69, 9.17) is 12.2 Å². The lowest BCUT2D eigenvalue weighted by molar-refractivity contribution is 0.0938. The van der Waals surface area contributed by atoms with Gasteiger partial charge in [-0.1, -0.05) is 42.5 Å². The first-order chi connectivity index (χ1) is 14.4. The molecule has 0 radical (unpaired) electrons. The number of amides is 2. The Morgan fingerprint density at radius 2 is 1.53 bits per heavy atom. The van der Waals surface area contributed by atoms with Crippen LogP contribution in [0.15, 0.2) is 78.9 Å². The molecule has 152 valence electrons. The Labute approximate surface area is 194 Å². The molecule has 7 heteroatoms. The fourth-order valence-corrected chi connectivity index (χ4v) is 3.56. The van der Waals surface area contributed by atoms with Gasteiger partial charge in [0.15, 0.2) is 5.11 Å². The first-order valence-corrected chi connectivity index (χ1v) is 10.7. The number of thiocarbonyl (C=S) groups is 1. The number of hydrogen-bond acceptors (Lipinski definition) is 3. The number of nitrogens with one attached hydrogen (secondary N) is 3. The molecule has 0 aliphatic rings. The first kappa shape index (κ1) is 21.9. The lowest BCUT2D eigenvalue weighted by Crippen LogP contribution is -2.34. The van der Waals surface area contributed by atoms with Gasteiger partial charge in [0.1, 0.15) is 0 Å². The molecule has 0 saturated heterocycles. The van der Waals surface area contributed by atoms with Gasteiger partial charge < -0.3 is 10.6 Å². The summed E-state index contributed by atoms with van der Waals surface area (Å²) in [4.78, 5) is 24.9. The molecule has 2 amide bonds. The van der Waals surface area contributed by atoms with Crippen molar-refractivity contribution in [3.8, 4) is 0 Å². The summed E-state index contributed by atoms with van der Waals surface area (Å²) in [7, 11) is 0. The van der Waals surface area contributed by atoms with E-state index >= 15 is 0 Å². The van der Waals surface area contributed by atoms with Crippen LogP contribution in [0.5, 0.6) is 0 Å². The van der Waals surface area contributed by atoms with Crippen LogP contribution in [0, 0.1) is 3.57 Å². The van der Waals surface area contributed by atoms with Crippen molar-refractivity contribution in [1.82, 2.24) is 10.6 Å². The van der Waals surface area contributed by atoms with Crippen molar-refractivity contribution >= 4 is 57.4 Å². The Morgan fingerprint density at radius 3 is 2.23 bits per heavy atom. The second kappa shape index (κ2) is 10.3. The van der Waals surface area contributed by atoms with E-state index in [2.05, 4.69) is 38.5 Å². The normalized spacial score (nSPS) is 11.3. The minimum atomic E-state index is -0.295. The zero-order chi connectivity index (χ0) is 21.5. The number of carbonyl (C=O) groups is 2. The molecule has 1 atom stereocenters. The Balaban J connectivity index is 1.61. The lowest BCUT2D eigenvalue weighted by Gasteiger charge is -2.15. The molecule has 0 aliphatic carbocycles. The van der Waals surface area contributed by atoms with Gasteiger partial charge in [0.25, 0.3) is 11.8 Å². The second-order valence-corrected chi connectivity index (χ2v) is 8.26. The predicted molar refractivity (Wildman–Crippen MR) is 132 cm³/mol. The zero-order valence-corrected chi connectivity index (χ0v) is 19.2. The molecular weight excluding hydrogens is 509 g/mol. The molecule has 0 saturated carbocycles. The highest BCUT2D eigenvalue weighted by Crippen LogP contribution is 2.15.